The molecule has 0 aromatic carbocycles. The zero-order valence-electron chi connectivity index (χ0n) is 7.25. The number of aliphatic hydroxyl groups excluding tert-OH is 4. The molecular formula is C7H14O6. The molecule has 0 heterocycles. The number of aliphatic hydroxyl groups is 4. The summed E-state index contributed by atoms with van der Waals surface area (Å²) in [5.41, 5.74) is 0. The predicted octanol–water partition coefficient (Wildman–Crippen LogP) is -2.72. The van der Waals surface area contributed by atoms with Crippen LogP contribution >= 0.6 is 0 Å². The lowest BCUT2D eigenvalue weighted by molar-refractivity contribution is -0.145. The standard InChI is InChI=1S/C7H14O6/c1-13-3-5(10)7(12)6(11)4(9)2-8/h4-6,8-11H,2-3H2,1H3/t4?,5-,6-/m1/s1. The van der Waals surface area contributed by atoms with Crippen LogP contribution in [0.15, 0.2) is 0 Å². The molecule has 0 saturated heterocycles. The Bertz CT molecular complexity index is 159. The minimum atomic E-state index is -1.78. The topological polar surface area (TPSA) is 107 Å². The number of hydrogen-bond donors (Lipinski definition) is 4. The first kappa shape index (κ1) is 12.5. The minimum absolute atomic E-state index is 0.256. The highest BCUT2D eigenvalue weighted by Gasteiger charge is 2.28. The molecule has 0 bridgehead atoms. The van der Waals surface area contributed by atoms with Gasteiger partial charge in [0.05, 0.1) is 13.2 Å². The van der Waals surface area contributed by atoms with Gasteiger partial charge >= 0.3 is 0 Å². The molecule has 13 heavy (non-hydrogen) atoms. The molecule has 3 atom stereocenters. The van der Waals surface area contributed by atoms with Crippen molar-refractivity contribution in [1.82, 2.24) is 0 Å². The van der Waals surface area contributed by atoms with Crippen LogP contribution in [0.4, 0.5) is 0 Å². The molecule has 0 spiro atoms. The lowest BCUT2D eigenvalue weighted by Gasteiger charge is -2.17. The van der Waals surface area contributed by atoms with Crippen molar-refractivity contribution in [3.63, 3.8) is 0 Å². The van der Waals surface area contributed by atoms with E-state index in [4.69, 9.17) is 20.4 Å². The number of hydrogen-bond acceptors (Lipinski definition) is 6. The average molecular weight is 194 g/mol. The molecule has 6 heteroatoms. The molecule has 4 N–H and O–H groups in total. The Morgan fingerprint density at radius 1 is 1.38 bits per heavy atom. The summed E-state index contributed by atoms with van der Waals surface area (Å²) in [6.45, 7) is -0.999. The van der Waals surface area contributed by atoms with Crippen LogP contribution < -0.4 is 0 Å². The molecule has 0 aliphatic rings. The van der Waals surface area contributed by atoms with E-state index in [-0.39, 0.29) is 6.61 Å². The predicted molar refractivity (Wildman–Crippen MR) is 42.0 cm³/mol. The number of carbonyl (C=O) groups is 1. The van der Waals surface area contributed by atoms with Gasteiger partial charge in [0, 0.05) is 7.11 Å². The molecule has 0 radical (unpaired) electrons. The molecular weight excluding hydrogens is 180 g/mol. The smallest absolute Gasteiger partial charge is 0.194 e. The molecule has 0 aromatic rings. The van der Waals surface area contributed by atoms with Crippen molar-refractivity contribution in [2.45, 2.75) is 18.3 Å². The third kappa shape index (κ3) is 3.79. The van der Waals surface area contributed by atoms with E-state index in [0.717, 1.165) is 0 Å². The highest BCUT2D eigenvalue weighted by molar-refractivity contribution is 5.87. The summed E-state index contributed by atoms with van der Waals surface area (Å²) < 4.78 is 4.46. The van der Waals surface area contributed by atoms with Gasteiger partial charge in [-0.3, -0.25) is 4.79 Å². The van der Waals surface area contributed by atoms with Crippen molar-refractivity contribution < 1.29 is 30.0 Å². The van der Waals surface area contributed by atoms with Gasteiger partial charge in [-0.2, -0.15) is 0 Å². The van der Waals surface area contributed by atoms with Crippen LogP contribution in [-0.4, -0.2) is 64.8 Å². The van der Waals surface area contributed by atoms with Crippen LogP contribution in [0.1, 0.15) is 0 Å². The highest BCUT2D eigenvalue weighted by atomic mass is 16.5. The van der Waals surface area contributed by atoms with Gasteiger partial charge in [-0.1, -0.05) is 0 Å². The number of ether oxygens (including phenoxy) is 1. The number of ketones is 1. The zero-order valence-corrected chi connectivity index (χ0v) is 7.25. The lowest BCUT2D eigenvalue weighted by Crippen LogP contribution is -2.43. The van der Waals surface area contributed by atoms with E-state index < -0.39 is 30.7 Å². The summed E-state index contributed by atoms with van der Waals surface area (Å²) in [5, 5.41) is 35.2. The van der Waals surface area contributed by atoms with Crippen molar-refractivity contribution in [1.29, 1.82) is 0 Å². The molecule has 6 nitrogen and oxygen atoms in total. The van der Waals surface area contributed by atoms with Crippen LogP contribution in [0, 0.1) is 0 Å². The van der Waals surface area contributed by atoms with Gasteiger partial charge in [-0.05, 0) is 0 Å². The third-order valence-electron chi connectivity index (χ3n) is 1.50. The van der Waals surface area contributed by atoms with Crippen molar-refractivity contribution in [2.75, 3.05) is 20.3 Å². The van der Waals surface area contributed by atoms with Gasteiger partial charge in [-0.15, -0.1) is 0 Å². The zero-order chi connectivity index (χ0) is 10.4. The van der Waals surface area contributed by atoms with E-state index >= 15 is 0 Å². The average Bonchev–Trinajstić information content (AvgIpc) is 2.14. The van der Waals surface area contributed by atoms with Crippen molar-refractivity contribution in [3.8, 4) is 0 Å². The second kappa shape index (κ2) is 6.01. The third-order valence-corrected chi connectivity index (χ3v) is 1.50. The Morgan fingerprint density at radius 2 is 1.92 bits per heavy atom. The lowest BCUT2D eigenvalue weighted by atomic mass is 10.1. The minimum Gasteiger partial charge on any atom is -0.394 e. The first-order valence-electron chi connectivity index (χ1n) is 3.72. The Morgan fingerprint density at radius 3 is 2.31 bits per heavy atom. The Kier molecular flexibility index (Phi) is 5.76. The summed E-state index contributed by atoms with van der Waals surface area (Å²) in [6.07, 6.45) is -4.84. The maximum Gasteiger partial charge on any atom is 0.194 e. The number of carbonyl (C=O) groups excluding carboxylic acids is 1. The number of methoxy groups -OCH3 is 1. The maximum absolute atomic E-state index is 11.0. The molecule has 0 aromatic heterocycles. The van der Waals surface area contributed by atoms with Gasteiger partial charge in [0.2, 0.25) is 0 Å². The molecule has 0 aliphatic carbocycles. The fourth-order valence-electron chi connectivity index (χ4n) is 0.727. The van der Waals surface area contributed by atoms with E-state index in [1.54, 1.807) is 0 Å². The second-order valence-corrected chi connectivity index (χ2v) is 2.57. The van der Waals surface area contributed by atoms with Gasteiger partial charge < -0.3 is 25.2 Å². The van der Waals surface area contributed by atoms with Gasteiger partial charge in [0.25, 0.3) is 0 Å². The summed E-state index contributed by atoms with van der Waals surface area (Å²) in [4.78, 5) is 11.0. The van der Waals surface area contributed by atoms with Gasteiger partial charge in [-0.25, -0.2) is 0 Å². The summed E-state index contributed by atoms with van der Waals surface area (Å²) in [5.74, 6) is -0.969. The first-order chi connectivity index (χ1) is 6.04. The van der Waals surface area contributed by atoms with Crippen molar-refractivity contribution in [3.05, 3.63) is 0 Å². The Labute approximate surface area is 75.4 Å². The molecule has 0 saturated carbocycles. The molecule has 0 amide bonds. The number of rotatable bonds is 6. The fraction of sp³-hybridized carbons (Fsp3) is 0.857. The molecule has 78 valence electrons. The normalized spacial score (nSPS) is 17.9. The van der Waals surface area contributed by atoms with E-state index in [9.17, 15) is 4.79 Å². The van der Waals surface area contributed by atoms with E-state index in [0.29, 0.717) is 0 Å². The fourth-order valence-corrected chi connectivity index (χ4v) is 0.727. The monoisotopic (exact) mass is 194 g/mol. The molecule has 0 aliphatic heterocycles. The van der Waals surface area contributed by atoms with Gasteiger partial charge in [0.15, 0.2) is 5.78 Å². The molecule has 0 fully saturated rings. The molecule has 0 rings (SSSR count). The van der Waals surface area contributed by atoms with Crippen LogP contribution in [0.2, 0.25) is 0 Å². The summed E-state index contributed by atoms with van der Waals surface area (Å²) in [6, 6.07) is 0. The SMILES string of the molecule is COC[C@@H](O)C(=O)[C@H](O)C(O)CO. The van der Waals surface area contributed by atoms with Crippen LogP contribution in [0.25, 0.3) is 0 Å². The molecule has 1 unspecified atom stereocenters. The summed E-state index contributed by atoms with van der Waals surface area (Å²) >= 11 is 0. The van der Waals surface area contributed by atoms with E-state index in [1.807, 2.05) is 0 Å². The van der Waals surface area contributed by atoms with Crippen LogP contribution in [0.3, 0.4) is 0 Å². The Balaban J connectivity index is 4.08. The quantitative estimate of drug-likeness (QED) is 0.366. The van der Waals surface area contributed by atoms with Crippen LogP contribution in [-0.2, 0) is 9.53 Å². The van der Waals surface area contributed by atoms with Crippen molar-refractivity contribution >= 4 is 5.78 Å². The largest absolute Gasteiger partial charge is 0.394 e. The van der Waals surface area contributed by atoms with E-state index in [2.05, 4.69) is 4.74 Å². The summed E-state index contributed by atoms with van der Waals surface area (Å²) in [7, 11) is 1.28. The van der Waals surface area contributed by atoms with E-state index in [1.165, 1.54) is 7.11 Å². The number of Topliss-reactive ketones (excluding diaryl/α,β-unsaturated/α-hetero) is 1. The second-order valence-electron chi connectivity index (χ2n) is 2.57. The first-order valence-corrected chi connectivity index (χ1v) is 3.72. The van der Waals surface area contributed by atoms with Crippen molar-refractivity contribution in [2.24, 2.45) is 0 Å². The maximum atomic E-state index is 11.0. The Hall–Kier alpha value is -0.530. The van der Waals surface area contributed by atoms with Gasteiger partial charge in [0.1, 0.15) is 18.3 Å². The highest BCUT2D eigenvalue weighted by Crippen LogP contribution is 1.99. The van der Waals surface area contributed by atoms with Crippen LogP contribution in [0.5, 0.6) is 0 Å².